The van der Waals surface area contributed by atoms with E-state index in [1.165, 1.54) is 12.7 Å². The smallest absolute Gasteiger partial charge is 0.292 e. The number of amides is 3. The Balaban J connectivity index is 0.000000567. The number of para-hydroxylation sites is 1. The number of hydrogen-bond donors (Lipinski definition) is 4. The molecule has 294 valence electrons. The number of aryl methyl sites for hydroxylation is 1. The van der Waals surface area contributed by atoms with Crippen molar-refractivity contribution in [2.75, 3.05) is 49.9 Å². The molecule has 0 aliphatic carbocycles. The summed E-state index contributed by atoms with van der Waals surface area (Å²) in [5.41, 5.74) is 6.43. The first-order valence-electron chi connectivity index (χ1n) is 17.8. The van der Waals surface area contributed by atoms with Gasteiger partial charge in [-0.15, -0.1) is 11.6 Å². The van der Waals surface area contributed by atoms with Gasteiger partial charge in [0.1, 0.15) is 12.9 Å². The first-order chi connectivity index (χ1) is 26.1. The summed E-state index contributed by atoms with van der Waals surface area (Å²) in [6, 6.07) is 17.2. The number of methoxy groups -OCH3 is 2. The SMILES string of the molecule is CCCCCC(=O)NCC=O.CNC(C)C(=O)Nc1cc(CCl)cc(COc2cc(NCC3Cc4ccccc4N3C=O)c(C)cc2OC)c1.COC=O. The third-order valence-electron chi connectivity index (χ3n) is 8.45. The number of nitrogens with one attached hydrogen (secondary N) is 4. The summed E-state index contributed by atoms with van der Waals surface area (Å²) in [4.78, 5) is 55.6. The van der Waals surface area contributed by atoms with E-state index in [4.69, 9.17) is 25.9 Å². The molecular weight excluding hydrogens is 714 g/mol. The number of carbonyl (C=O) groups excluding carboxylic acids is 5. The average molecular weight is 768 g/mol. The number of hydrogen-bond acceptors (Lipinski definition) is 10. The lowest BCUT2D eigenvalue weighted by molar-refractivity contribution is -0.126. The number of ether oxygens (including phenoxy) is 3. The maximum absolute atomic E-state index is 12.4. The number of likely N-dealkylation sites (N-methyl/N-ethyl adjacent to an activating group) is 1. The highest BCUT2D eigenvalue weighted by Crippen LogP contribution is 2.35. The van der Waals surface area contributed by atoms with E-state index in [0.29, 0.717) is 48.8 Å². The number of halogens is 1. The Labute approximate surface area is 323 Å². The summed E-state index contributed by atoms with van der Waals surface area (Å²) in [5, 5.41) is 11.8. The van der Waals surface area contributed by atoms with Crippen LogP contribution in [0.5, 0.6) is 11.5 Å². The van der Waals surface area contributed by atoms with Gasteiger partial charge in [-0.25, -0.2) is 0 Å². The zero-order valence-electron chi connectivity index (χ0n) is 32.0. The number of nitrogens with zero attached hydrogens (tertiary/aromatic N) is 1. The molecule has 13 nitrogen and oxygen atoms in total. The maximum Gasteiger partial charge on any atom is 0.292 e. The van der Waals surface area contributed by atoms with Crippen LogP contribution in [0.25, 0.3) is 0 Å². The van der Waals surface area contributed by atoms with E-state index in [1.54, 1.807) is 26.0 Å². The highest BCUT2D eigenvalue weighted by Gasteiger charge is 2.28. The average Bonchev–Trinajstić information content (AvgIpc) is 3.56. The molecular formula is C40H54ClN5O8. The van der Waals surface area contributed by atoms with E-state index >= 15 is 0 Å². The molecule has 0 saturated carbocycles. The van der Waals surface area contributed by atoms with Crippen molar-refractivity contribution in [3.05, 3.63) is 76.9 Å². The monoisotopic (exact) mass is 767 g/mol. The second-order valence-electron chi connectivity index (χ2n) is 12.4. The van der Waals surface area contributed by atoms with Gasteiger partial charge in [-0.3, -0.25) is 19.2 Å². The van der Waals surface area contributed by atoms with E-state index in [9.17, 15) is 19.2 Å². The molecule has 3 aromatic carbocycles. The van der Waals surface area contributed by atoms with E-state index in [0.717, 1.165) is 60.2 Å². The van der Waals surface area contributed by atoms with Gasteiger partial charge >= 0.3 is 0 Å². The summed E-state index contributed by atoms with van der Waals surface area (Å²) >= 11 is 6.12. The van der Waals surface area contributed by atoms with E-state index in [2.05, 4.69) is 39.0 Å². The Morgan fingerprint density at radius 2 is 1.74 bits per heavy atom. The fourth-order valence-corrected chi connectivity index (χ4v) is 5.62. The van der Waals surface area contributed by atoms with Crippen LogP contribution >= 0.6 is 11.6 Å². The molecule has 0 aromatic heterocycles. The van der Waals surface area contributed by atoms with Crippen LogP contribution in [0.3, 0.4) is 0 Å². The number of carbonyl (C=O) groups is 5. The largest absolute Gasteiger partial charge is 0.493 e. The molecule has 0 bridgehead atoms. The Morgan fingerprint density at radius 3 is 2.37 bits per heavy atom. The molecule has 2 atom stereocenters. The van der Waals surface area contributed by atoms with Crippen LogP contribution in [0.15, 0.2) is 54.6 Å². The second-order valence-corrected chi connectivity index (χ2v) is 12.7. The minimum atomic E-state index is -0.330. The quantitative estimate of drug-likeness (QED) is 0.0692. The van der Waals surface area contributed by atoms with Crippen molar-refractivity contribution in [1.82, 2.24) is 10.6 Å². The Hall–Kier alpha value is -5.14. The summed E-state index contributed by atoms with van der Waals surface area (Å²) in [7, 11) is 4.66. The van der Waals surface area contributed by atoms with Gasteiger partial charge in [-0.1, -0.05) is 44.0 Å². The molecule has 1 aliphatic rings. The molecule has 3 aromatic rings. The summed E-state index contributed by atoms with van der Waals surface area (Å²) < 4.78 is 15.7. The fraction of sp³-hybridized carbons (Fsp3) is 0.425. The van der Waals surface area contributed by atoms with Crippen LogP contribution < -0.4 is 35.6 Å². The maximum atomic E-state index is 12.4. The van der Waals surface area contributed by atoms with Crippen molar-refractivity contribution < 1.29 is 38.2 Å². The molecule has 1 aliphatic heterocycles. The van der Waals surface area contributed by atoms with Crippen molar-refractivity contribution in [2.24, 2.45) is 0 Å². The van der Waals surface area contributed by atoms with Gasteiger partial charge in [0.15, 0.2) is 11.5 Å². The van der Waals surface area contributed by atoms with Gasteiger partial charge in [-0.05, 0) is 80.3 Å². The summed E-state index contributed by atoms with van der Waals surface area (Å²) in [6.07, 6.45) is 6.04. The first-order valence-corrected chi connectivity index (χ1v) is 18.3. The van der Waals surface area contributed by atoms with Gasteiger partial charge in [0.05, 0.1) is 32.8 Å². The number of benzene rings is 3. The zero-order chi connectivity index (χ0) is 39.9. The molecule has 3 amide bonds. The number of alkyl halides is 1. The van der Waals surface area contributed by atoms with Gasteiger partial charge < -0.3 is 45.2 Å². The highest BCUT2D eigenvalue weighted by molar-refractivity contribution is 6.17. The van der Waals surface area contributed by atoms with E-state index < -0.39 is 0 Å². The van der Waals surface area contributed by atoms with Crippen LogP contribution in [-0.2, 0) is 47.6 Å². The predicted molar refractivity (Wildman–Crippen MR) is 212 cm³/mol. The van der Waals surface area contributed by atoms with Crippen molar-refractivity contribution in [3.8, 4) is 11.5 Å². The summed E-state index contributed by atoms with van der Waals surface area (Å²) in [6.45, 7) is 7.24. The van der Waals surface area contributed by atoms with Gasteiger partial charge in [-0.2, -0.15) is 0 Å². The number of fused-ring (bicyclic) bond motifs is 1. The molecule has 2 unspecified atom stereocenters. The number of unbranched alkanes of at least 4 members (excludes halogenated alkanes) is 2. The van der Waals surface area contributed by atoms with Gasteiger partial charge in [0, 0.05) is 42.0 Å². The normalized spacial score (nSPS) is 13.0. The minimum absolute atomic E-state index is 0.0170. The lowest BCUT2D eigenvalue weighted by Gasteiger charge is -2.23. The molecule has 4 N–H and O–H groups in total. The topological polar surface area (TPSA) is 164 Å². The molecule has 1 heterocycles. The molecule has 4 rings (SSSR count). The molecule has 0 spiro atoms. The molecule has 14 heteroatoms. The first kappa shape index (κ1) is 45.0. The van der Waals surface area contributed by atoms with Crippen LogP contribution in [0.1, 0.15) is 61.8 Å². The van der Waals surface area contributed by atoms with E-state index in [-0.39, 0.29) is 37.0 Å². The number of anilines is 3. The summed E-state index contributed by atoms with van der Waals surface area (Å²) in [5.74, 6) is 1.35. The van der Waals surface area contributed by atoms with Crippen LogP contribution in [0, 0.1) is 6.92 Å². The Bertz CT molecular complexity index is 1660. The third-order valence-corrected chi connectivity index (χ3v) is 8.76. The van der Waals surface area contributed by atoms with Gasteiger partial charge in [0.2, 0.25) is 18.2 Å². The fourth-order valence-electron chi connectivity index (χ4n) is 5.47. The zero-order valence-corrected chi connectivity index (χ0v) is 32.8. The third kappa shape index (κ3) is 14.7. The molecule has 0 radical (unpaired) electrons. The highest BCUT2D eigenvalue weighted by atomic mass is 35.5. The van der Waals surface area contributed by atoms with Crippen molar-refractivity contribution >= 4 is 59.6 Å². The second kappa shape index (κ2) is 25.0. The molecule has 0 fully saturated rings. The standard InChI is InChI=1S/C30H35ClN4O4.C8H15NO2.C2H4O2/c1-19-9-28(38-4)29(14-26(19)33-16-25-13-23-7-5-6-8-27(23)35(25)18-36)39-17-22-10-21(15-31)11-24(12-22)34-30(37)20(2)32-3;1-2-3-4-5-8(11)9-6-7-10;1-4-2-3/h5-12,14,18,20,25,32-33H,13,15-17H2,1-4H3,(H,34,37);7H,2-6H2,1H3,(H,9,11);2H,1H3. The van der Waals surface area contributed by atoms with Crippen LogP contribution in [0.2, 0.25) is 0 Å². The Morgan fingerprint density at radius 1 is 1.02 bits per heavy atom. The minimum Gasteiger partial charge on any atom is -0.493 e. The van der Waals surface area contributed by atoms with Crippen molar-refractivity contribution in [3.63, 3.8) is 0 Å². The molecule has 0 saturated heterocycles. The predicted octanol–water partition coefficient (Wildman–Crippen LogP) is 5.54. The Kier molecular flexibility index (Phi) is 20.8. The van der Waals surface area contributed by atoms with Crippen molar-refractivity contribution in [2.45, 2.75) is 77.4 Å². The van der Waals surface area contributed by atoms with Gasteiger partial charge in [0.25, 0.3) is 6.47 Å². The molecule has 54 heavy (non-hydrogen) atoms. The van der Waals surface area contributed by atoms with E-state index in [1.807, 2.05) is 55.5 Å². The van der Waals surface area contributed by atoms with Crippen molar-refractivity contribution in [1.29, 1.82) is 0 Å². The lowest BCUT2D eigenvalue weighted by Crippen LogP contribution is -2.36. The number of rotatable bonds is 19. The lowest BCUT2D eigenvalue weighted by atomic mass is 10.1. The van der Waals surface area contributed by atoms with Crippen LogP contribution in [-0.4, -0.2) is 77.4 Å². The number of aldehydes is 1. The van der Waals surface area contributed by atoms with Crippen LogP contribution in [0.4, 0.5) is 17.1 Å².